The van der Waals surface area contributed by atoms with Crippen molar-refractivity contribution >= 4 is 23.4 Å². The number of amides is 2. The average molecular weight is 359 g/mol. The topological polar surface area (TPSA) is 49.4 Å². The number of nitrogens with zero attached hydrogens (tertiary/aromatic N) is 1. The summed E-state index contributed by atoms with van der Waals surface area (Å²) in [6.07, 6.45) is 0.713. The monoisotopic (exact) mass is 358 g/mol. The van der Waals surface area contributed by atoms with Crippen molar-refractivity contribution in [3.63, 3.8) is 0 Å². The Hall–Kier alpha value is -2.33. The highest BCUT2D eigenvalue weighted by Gasteiger charge is 2.13. The Balaban J connectivity index is 1.90. The quantitative estimate of drug-likeness (QED) is 0.818. The van der Waals surface area contributed by atoms with Crippen LogP contribution in [-0.4, -0.2) is 36.3 Å². The van der Waals surface area contributed by atoms with Gasteiger partial charge in [0.05, 0.1) is 0 Å². The van der Waals surface area contributed by atoms with E-state index in [-0.39, 0.29) is 11.8 Å². The SMILES string of the molecule is CCN(CC)C(=O)c1ccc(C(=O)NCCc2cccc(Cl)c2)cc1. The summed E-state index contributed by atoms with van der Waals surface area (Å²) in [7, 11) is 0. The largest absolute Gasteiger partial charge is 0.352 e. The van der Waals surface area contributed by atoms with Crippen molar-refractivity contribution in [3.05, 3.63) is 70.2 Å². The Morgan fingerprint density at radius 2 is 1.64 bits per heavy atom. The first-order valence-electron chi connectivity index (χ1n) is 8.47. The number of benzene rings is 2. The normalized spacial score (nSPS) is 10.4. The van der Waals surface area contributed by atoms with Gasteiger partial charge in [0.15, 0.2) is 0 Å². The second-order valence-corrected chi connectivity index (χ2v) is 6.13. The highest BCUT2D eigenvalue weighted by molar-refractivity contribution is 6.30. The van der Waals surface area contributed by atoms with Crippen molar-refractivity contribution in [1.82, 2.24) is 10.2 Å². The lowest BCUT2D eigenvalue weighted by Gasteiger charge is -2.18. The van der Waals surface area contributed by atoms with Gasteiger partial charge in [-0.15, -0.1) is 0 Å². The minimum absolute atomic E-state index is 0.0158. The first kappa shape index (κ1) is 19.0. The number of carbonyl (C=O) groups excluding carboxylic acids is 2. The minimum atomic E-state index is -0.149. The summed E-state index contributed by atoms with van der Waals surface area (Å²) in [6.45, 7) is 5.76. The van der Waals surface area contributed by atoms with E-state index in [0.29, 0.717) is 42.2 Å². The molecule has 2 aromatic carbocycles. The highest BCUT2D eigenvalue weighted by Crippen LogP contribution is 2.11. The Labute approximate surface area is 153 Å². The van der Waals surface area contributed by atoms with Gasteiger partial charge in [-0.3, -0.25) is 9.59 Å². The molecule has 0 heterocycles. The summed E-state index contributed by atoms with van der Waals surface area (Å²) < 4.78 is 0. The van der Waals surface area contributed by atoms with E-state index in [2.05, 4.69) is 5.32 Å². The van der Waals surface area contributed by atoms with Crippen LogP contribution in [0.25, 0.3) is 0 Å². The molecule has 0 unspecified atom stereocenters. The Kier molecular flexibility index (Phi) is 7.02. The van der Waals surface area contributed by atoms with Crippen molar-refractivity contribution < 1.29 is 9.59 Å². The summed E-state index contributed by atoms with van der Waals surface area (Å²) in [5.41, 5.74) is 2.22. The van der Waals surface area contributed by atoms with Gasteiger partial charge in [0.1, 0.15) is 0 Å². The van der Waals surface area contributed by atoms with E-state index in [1.54, 1.807) is 29.2 Å². The van der Waals surface area contributed by atoms with Crippen molar-refractivity contribution in [2.75, 3.05) is 19.6 Å². The molecule has 1 N–H and O–H groups in total. The molecule has 0 atom stereocenters. The van der Waals surface area contributed by atoms with Crippen molar-refractivity contribution in [2.45, 2.75) is 20.3 Å². The Morgan fingerprint density at radius 1 is 1.00 bits per heavy atom. The third kappa shape index (κ3) is 5.33. The molecule has 0 saturated heterocycles. The number of nitrogens with one attached hydrogen (secondary N) is 1. The molecule has 0 fully saturated rings. The summed E-state index contributed by atoms with van der Waals surface area (Å²) in [5.74, 6) is -0.165. The molecule has 0 spiro atoms. The van der Waals surface area contributed by atoms with Gasteiger partial charge in [-0.2, -0.15) is 0 Å². The van der Waals surface area contributed by atoms with Crippen LogP contribution < -0.4 is 5.32 Å². The van der Waals surface area contributed by atoms with Crippen LogP contribution in [0.5, 0.6) is 0 Å². The zero-order valence-electron chi connectivity index (χ0n) is 14.6. The fraction of sp³-hybridized carbons (Fsp3) is 0.300. The predicted molar refractivity (Wildman–Crippen MR) is 101 cm³/mol. The number of halogens is 1. The molecular weight excluding hydrogens is 336 g/mol. The number of carbonyl (C=O) groups is 2. The van der Waals surface area contributed by atoms with Crippen LogP contribution in [0.4, 0.5) is 0 Å². The maximum Gasteiger partial charge on any atom is 0.253 e. The van der Waals surface area contributed by atoms with Crippen LogP contribution in [0.2, 0.25) is 5.02 Å². The maximum atomic E-state index is 12.3. The molecule has 2 rings (SSSR count). The third-order valence-electron chi connectivity index (χ3n) is 4.03. The number of hydrogen-bond donors (Lipinski definition) is 1. The van der Waals surface area contributed by atoms with Crippen LogP contribution in [0.15, 0.2) is 48.5 Å². The van der Waals surface area contributed by atoms with Gasteiger partial charge in [-0.05, 0) is 62.2 Å². The molecule has 0 saturated carbocycles. The zero-order valence-corrected chi connectivity index (χ0v) is 15.3. The van der Waals surface area contributed by atoms with Gasteiger partial charge >= 0.3 is 0 Å². The summed E-state index contributed by atoms with van der Waals surface area (Å²) in [6, 6.07) is 14.4. The van der Waals surface area contributed by atoms with Gasteiger partial charge in [-0.25, -0.2) is 0 Å². The van der Waals surface area contributed by atoms with Crippen molar-refractivity contribution in [3.8, 4) is 0 Å². The summed E-state index contributed by atoms with van der Waals surface area (Å²) in [5, 5.41) is 3.58. The smallest absolute Gasteiger partial charge is 0.253 e. The third-order valence-corrected chi connectivity index (χ3v) is 4.27. The van der Waals surface area contributed by atoms with Gasteiger partial charge in [0.2, 0.25) is 0 Å². The number of rotatable bonds is 7. The van der Waals surface area contributed by atoms with Crippen LogP contribution in [0.3, 0.4) is 0 Å². The molecule has 0 aromatic heterocycles. The lowest BCUT2D eigenvalue weighted by molar-refractivity contribution is 0.0772. The summed E-state index contributed by atoms with van der Waals surface area (Å²) >= 11 is 5.95. The van der Waals surface area contributed by atoms with Crippen LogP contribution in [0.1, 0.15) is 40.1 Å². The molecule has 5 heteroatoms. The first-order chi connectivity index (χ1) is 12.0. The fourth-order valence-electron chi connectivity index (χ4n) is 2.57. The van der Waals surface area contributed by atoms with Crippen molar-refractivity contribution in [2.24, 2.45) is 0 Å². The molecule has 0 aliphatic heterocycles. The van der Waals surface area contributed by atoms with E-state index in [4.69, 9.17) is 11.6 Å². The van der Waals surface area contributed by atoms with Gasteiger partial charge in [0, 0.05) is 35.8 Å². The van der Waals surface area contributed by atoms with Crippen molar-refractivity contribution in [1.29, 1.82) is 0 Å². The van der Waals surface area contributed by atoms with Gasteiger partial charge in [0.25, 0.3) is 11.8 Å². The van der Waals surface area contributed by atoms with Crippen LogP contribution in [0, 0.1) is 0 Å². The molecule has 0 aliphatic rings. The molecule has 0 bridgehead atoms. The van der Waals surface area contributed by atoms with E-state index in [1.807, 2.05) is 38.1 Å². The lowest BCUT2D eigenvalue weighted by atomic mass is 10.1. The standard InChI is InChI=1S/C20H23ClN2O2/c1-3-23(4-2)20(25)17-10-8-16(9-11-17)19(24)22-13-12-15-6-5-7-18(21)14-15/h5-11,14H,3-4,12-13H2,1-2H3,(H,22,24). The summed E-state index contributed by atoms with van der Waals surface area (Å²) in [4.78, 5) is 26.2. The van der Waals surface area contributed by atoms with E-state index >= 15 is 0 Å². The molecule has 2 aromatic rings. The van der Waals surface area contributed by atoms with E-state index in [0.717, 1.165) is 5.56 Å². The molecular formula is C20H23ClN2O2. The molecule has 0 radical (unpaired) electrons. The molecule has 25 heavy (non-hydrogen) atoms. The van der Waals surface area contributed by atoms with Crippen LogP contribution >= 0.6 is 11.6 Å². The lowest BCUT2D eigenvalue weighted by Crippen LogP contribution is -2.30. The second kappa shape index (κ2) is 9.23. The zero-order chi connectivity index (χ0) is 18.2. The fourth-order valence-corrected chi connectivity index (χ4v) is 2.79. The minimum Gasteiger partial charge on any atom is -0.352 e. The first-order valence-corrected chi connectivity index (χ1v) is 8.85. The van der Waals surface area contributed by atoms with Crippen LogP contribution in [-0.2, 0) is 6.42 Å². The predicted octanol–water partition coefficient (Wildman–Crippen LogP) is 3.79. The second-order valence-electron chi connectivity index (χ2n) is 5.69. The molecule has 2 amide bonds. The maximum absolute atomic E-state index is 12.3. The van der Waals surface area contributed by atoms with Gasteiger partial charge < -0.3 is 10.2 Å². The van der Waals surface area contributed by atoms with E-state index in [9.17, 15) is 9.59 Å². The molecule has 132 valence electrons. The average Bonchev–Trinajstić information content (AvgIpc) is 2.63. The molecule has 4 nitrogen and oxygen atoms in total. The highest BCUT2D eigenvalue weighted by atomic mass is 35.5. The number of hydrogen-bond acceptors (Lipinski definition) is 2. The van der Waals surface area contributed by atoms with Gasteiger partial charge in [-0.1, -0.05) is 23.7 Å². The Bertz CT molecular complexity index is 725. The van der Waals surface area contributed by atoms with E-state index in [1.165, 1.54) is 0 Å². The van der Waals surface area contributed by atoms with E-state index < -0.39 is 0 Å². The Morgan fingerprint density at radius 3 is 2.24 bits per heavy atom. The molecule has 0 aliphatic carbocycles.